The highest BCUT2D eigenvalue weighted by Crippen LogP contribution is 2.22. The summed E-state index contributed by atoms with van der Waals surface area (Å²) in [6.07, 6.45) is 1.58. The summed E-state index contributed by atoms with van der Waals surface area (Å²) >= 11 is 0. The third-order valence-electron chi connectivity index (χ3n) is 3.47. The summed E-state index contributed by atoms with van der Waals surface area (Å²) in [6.45, 7) is 1.77. The number of rotatable bonds is 5. The molecule has 0 radical (unpaired) electrons. The molecule has 1 amide bonds. The fourth-order valence-corrected chi connectivity index (χ4v) is 2.63. The maximum absolute atomic E-state index is 13.7. The van der Waals surface area contributed by atoms with E-state index in [0.29, 0.717) is 16.0 Å². The summed E-state index contributed by atoms with van der Waals surface area (Å²) in [6, 6.07) is 10.8. The van der Waals surface area contributed by atoms with Crippen molar-refractivity contribution in [3.8, 4) is 5.75 Å². The van der Waals surface area contributed by atoms with Crippen LogP contribution in [-0.2, 0) is 10.8 Å². The molecule has 2 atom stereocenters. The molecular weight excluding hydrogens is 317 g/mol. The van der Waals surface area contributed by atoms with E-state index >= 15 is 0 Å². The standard InChI is InChI=1S/C17H18FNO3S/c1-11(13-6-9-16(22-2)15(18)10-13)19-17(20)12-4-7-14(8-5-12)23(3)21/h4-11H,1-3H3,(H,19,20). The van der Waals surface area contributed by atoms with Gasteiger partial charge in [-0.25, -0.2) is 4.39 Å². The molecule has 23 heavy (non-hydrogen) atoms. The van der Waals surface area contributed by atoms with E-state index < -0.39 is 16.6 Å². The lowest BCUT2D eigenvalue weighted by molar-refractivity contribution is 0.0939. The fraction of sp³-hybridized carbons (Fsp3) is 0.235. The maximum atomic E-state index is 13.7. The minimum absolute atomic E-state index is 0.162. The zero-order chi connectivity index (χ0) is 17.0. The summed E-state index contributed by atoms with van der Waals surface area (Å²) in [5.41, 5.74) is 1.10. The molecule has 0 fully saturated rings. The summed E-state index contributed by atoms with van der Waals surface area (Å²) in [7, 11) is 0.317. The molecule has 6 heteroatoms. The topological polar surface area (TPSA) is 55.4 Å². The molecule has 122 valence electrons. The molecular formula is C17H18FNO3S. The molecule has 0 aliphatic heterocycles. The van der Waals surface area contributed by atoms with Gasteiger partial charge in [-0.2, -0.15) is 0 Å². The highest BCUT2D eigenvalue weighted by atomic mass is 32.2. The number of nitrogens with one attached hydrogen (secondary N) is 1. The van der Waals surface area contributed by atoms with Crippen LogP contribution in [0.1, 0.15) is 28.9 Å². The second kappa shape index (κ2) is 7.37. The molecule has 0 saturated carbocycles. The first kappa shape index (κ1) is 17.1. The average Bonchev–Trinajstić information content (AvgIpc) is 2.54. The van der Waals surface area contributed by atoms with Crippen LogP contribution in [0.25, 0.3) is 0 Å². The van der Waals surface area contributed by atoms with Crippen molar-refractivity contribution in [2.24, 2.45) is 0 Å². The van der Waals surface area contributed by atoms with E-state index in [9.17, 15) is 13.4 Å². The van der Waals surface area contributed by atoms with Crippen molar-refractivity contribution in [1.29, 1.82) is 0 Å². The van der Waals surface area contributed by atoms with Gasteiger partial charge in [0, 0.05) is 27.5 Å². The number of carbonyl (C=O) groups is 1. The lowest BCUT2D eigenvalue weighted by Gasteiger charge is -2.15. The van der Waals surface area contributed by atoms with Crippen LogP contribution in [0.3, 0.4) is 0 Å². The van der Waals surface area contributed by atoms with Crippen molar-refractivity contribution in [2.75, 3.05) is 13.4 Å². The van der Waals surface area contributed by atoms with Gasteiger partial charge in [0.2, 0.25) is 0 Å². The number of halogens is 1. The van der Waals surface area contributed by atoms with Gasteiger partial charge in [0.15, 0.2) is 11.6 Å². The van der Waals surface area contributed by atoms with Crippen LogP contribution >= 0.6 is 0 Å². The van der Waals surface area contributed by atoms with E-state index in [-0.39, 0.29) is 17.7 Å². The molecule has 1 N–H and O–H groups in total. The Labute approximate surface area is 137 Å². The summed E-state index contributed by atoms with van der Waals surface area (Å²) in [4.78, 5) is 12.9. The van der Waals surface area contributed by atoms with Gasteiger partial charge < -0.3 is 10.1 Å². The van der Waals surface area contributed by atoms with Crippen molar-refractivity contribution in [3.05, 3.63) is 59.4 Å². The quantitative estimate of drug-likeness (QED) is 0.914. The first-order valence-corrected chi connectivity index (χ1v) is 8.56. The summed E-state index contributed by atoms with van der Waals surface area (Å²) in [5, 5.41) is 2.80. The SMILES string of the molecule is COc1ccc(C(C)NC(=O)c2ccc(S(C)=O)cc2)cc1F. The maximum Gasteiger partial charge on any atom is 0.251 e. The first-order valence-electron chi connectivity index (χ1n) is 7.00. The monoisotopic (exact) mass is 335 g/mol. The predicted octanol–water partition coefficient (Wildman–Crippen LogP) is 3.06. The van der Waals surface area contributed by atoms with Gasteiger partial charge in [-0.05, 0) is 48.9 Å². The normalized spacial score (nSPS) is 13.2. The lowest BCUT2D eigenvalue weighted by Crippen LogP contribution is -2.26. The zero-order valence-corrected chi connectivity index (χ0v) is 13.9. The van der Waals surface area contributed by atoms with Crippen molar-refractivity contribution in [1.82, 2.24) is 5.32 Å². The van der Waals surface area contributed by atoms with E-state index in [0.717, 1.165) is 0 Å². The van der Waals surface area contributed by atoms with Crippen molar-refractivity contribution >= 4 is 16.7 Å². The van der Waals surface area contributed by atoms with Crippen molar-refractivity contribution in [3.63, 3.8) is 0 Å². The molecule has 2 aromatic carbocycles. The Morgan fingerprint density at radius 3 is 2.39 bits per heavy atom. The Morgan fingerprint density at radius 1 is 1.22 bits per heavy atom. The van der Waals surface area contributed by atoms with Crippen LogP contribution in [-0.4, -0.2) is 23.5 Å². The van der Waals surface area contributed by atoms with Crippen LogP contribution in [0.2, 0.25) is 0 Å². The second-order valence-electron chi connectivity index (χ2n) is 5.07. The number of hydrogen-bond acceptors (Lipinski definition) is 3. The minimum Gasteiger partial charge on any atom is -0.494 e. The summed E-state index contributed by atoms with van der Waals surface area (Å²) in [5.74, 6) is -0.585. The Morgan fingerprint density at radius 2 is 1.87 bits per heavy atom. The Balaban J connectivity index is 2.09. The molecule has 0 bridgehead atoms. The zero-order valence-electron chi connectivity index (χ0n) is 13.1. The predicted molar refractivity (Wildman–Crippen MR) is 87.6 cm³/mol. The van der Waals surface area contributed by atoms with Crippen LogP contribution in [0.15, 0.2) is 47.4 Å². The van der Waals surface area contributed by atoms with Gasteiger partial charge in [-0.3, -0.25) is 9.00 Å². The van der Waals surface area contributed by atoms with Crippen LogP contribution in [0.4, 0.5) is 4.39 Å². The molecule has 0 saturated heterocycles. The molecule has 0 aliphatic rings. The number of carbonyl (C=O) groups excluding carboxylic acids is 1. The lowest BCUT2D eigenvalue weighted by atomic mass is 10.1. The highest BCUT2D eigenvalue weighted by molar-refractivity contribution is 7.84. The Bertz CT molecular complexity index is 731. The number of amides is 1. The fourth-order valence-electron chi connectivity index (χ4n) is 2.11. The largest absolute Gasteiger partial charge is 0.494 e. The number of ether oxygens (including phenoxy) is 1. The van der Waals surface area contributed by atoms with E-state index in [2.05, 4.69) is 5.32 Å². The smallest absolute Gasteiger partial charge is 0.251 e. The molecule has 2 unspecified atom stereocenters. The van der Waals surface area contributed by atoms with E-state index in [1.54, 1.807) is 43.5 Å². The molecule has 0 aliphatic carbocycles. The van der Waals surface area contributed by atoms with Gasteiger partial charge in [-0.1, -0.05) is 6.07 Å². The highest BCUT2D eigenvalue weighted by Gasteiger charge is 2.13. The number of benzene rings is 2. The van der Waals surface area contributed by atoms with Gasteiger partial charge in [0.25, 0.3) is 5.91 Å². The molecule has 2 rings (SSSR count). The second-order valence-corrected chi connectivity index (χ2v) is 6.45. The molecule has 0 aromatic heterocycles. The van der Waals surface area contributed by atoms with Crippen molar-refractivity contribution < 1.29 is 18.1 Å². The number of hydrogen-bond donors (Lipinski definition) is 1. The average molecular weight is 335 g/mol. The van der Waals surface area contributed by atoms with Gasteiger partial charge >= 0.3 is 0 Å². The van der Waals surface area contributed by atoms with Gasteiger partial charge in [0.1, 0.15) is 0 Å². The molecule has 0 spiro atoms. The first-order chi connectivity index (χ1) is 10.9. The van der Waals surface area contributed by atoms with Gasteiger partial charge in [-0.15, -0.1) is 0 Å². The number of methoxy groups -OCH3 is 1. The molecule has 4 nitrogen and oxygen atoms in total. The van der Waals surface area contributed by atoms with Gasteiger partial charge in [0.05, 0.1) is 13.2 Å². The van der Waals surface area contributed by atoms with E-state index in [1.807, 2.05) is 0 Å². The van der Waals surface area contributed by atoms with Crippen LogP contribution in [0.5, 0.6) is 5.75 Å². The third kappa shape index (κ3) is 4.16. The van der Waals surface area contributed by atoms with Crippen LogP contribution < -0.4 is 10.1 Å². The van der Waals surface area contributed by atoms with Crippen LogP contribution in [0, 0.1) is 5.82 Å². The Hall–Kier alpha value is -2.21. The van der Waals surface area contributed by atoms with E-state index in [1.165, 1.54) is 19.2 Å². The minimum atomic E-state index is -1.08. The molecule has 2 aromatic rings. The third-order valence-corrected chi connectivity index (χ3v) is 4.41. The van der Waals surface area contributed by atoms with E-state index in [4.69, 9.17) is 4.74 Å². The summed E-state index contributed by atoms with van der Waals surface area (Å²) < 4.78 is 29.9. The van der Waals surface area contributed by atoms with Crippen molar-refractivity contribution in [2.45, 2.75) is 17.9 Å². The Kier molecular flexibility index (Phi) is 5.50. The molecule has 0 heterocycles.